The number of carboxylic acid groups (broad SMARTS) is 2. The maximum Gasteiger partial charge on any atom is 0.335 e. The zero-order valence-electron chi connectivity index (χ0n) is 7.68. The standard InChI is InChI=1S/C10H9ClO4/c11-8(10(14)15)5-6-1-3-7(4-2-6)9(12)13/h1-4,8H,5H2,(H,12,13)(H,14,15). The predicted octanol–water partition coefficient (Wildman–Crippen LogP) is 1.62. The molecule has 1 atom stereocenters. The van der Waals surface area contributed by atoms with Crippen molar-refractivity contribution < 1.29 is 19.8 Å². The van der Waals surface area contributed by atoms with Crippen LogP contribution in [0.4, 0.5) is 0 Å². The third-order valence-corrected chi connectivity index (χ3v) is 2.22. The summed E-state index contributed by atoms with van der Waals surface area (Å²) in [5, 5.41) is 16.2. The van der Waals surface area contributed by atoms with E-state index in [1.165, 1.54) is 12.1 Å². The fourth-order valence-corrected chi connectivity index (χ4v) is 1.26. The molecule has 1 unspecified atom stereocenters. The molecule has 1 aromatic rings. The van der Waals surface area contributed by atoms with Gasteiger partial charge in [-0.25, -0.2) is 4.79 Å². The van der Waals surface area contributed by atoms with E-state index in [0.29, 0.717) is 5.56 Å². The lowest BCUT2D eigenvalue weighted by molar-refractivity contribution is -0.136. The molecule has 0 aliphatic heterocycles. The molecule has 0 radical (unpaired) electrons. The van der Waals surface area contributed by atoms with Crippen molar-refractivity contribution in [1.82, 2.24) is 0 Å². The monoisotopic (exact) mass is 228 g/mol. The third kappa shape index (κ3) is 3.25. The Balaban J connectivity index is 2.72. The second kappa shape index (κ2) is 4.79. The highest BCUT2D eigenvalue weighted by atomic mass is 35.5. The molecule has 0 spiro atoms. The molecule has 0 aliphatic rings. The van der Waals surface area contributed by atoms with Crippen molar-refractivity contribution in [3.63, 3.8) is 0 Å². The summed E-state index contributed by atoms with van der Waals surface area (Å²) in [6.07, 6.45) is 0.177. The zero-order chi connectivity index (χ0) is 11.4. The van der Waals surface area contributed by atoms with Crippen LogP contribution in [-0.4, -0.2) is 27.5 Å². The zero-order valence-corrected chi connectivity index (χ0v) is 8.44. The molecular weight excluding hydrogens is 220 g/mol. The van der Waals surface area contributed by atoms with Gasteiger partial charge in [0.2, 0.25) is 0 Å². The largest absolute Gasteiger partial charge is 0.480 e. The molecule has 0 saturated heterocycles. The molecule has 80 valence electrons. The van der Waals surface area contributed by atoms with Crippen LogP contribution in [0.2, 0.25) is 0 Å². The van der Waals surface area contributed by atoms with Crippen LogP contribution in [0.1, 0.15) is 15.9 Å². The minimum absolute atomic E-state index is 0.167. The van der Waals surface area contributed by atoms with Crippen molar-refractivity contribution in [2.45, 2.75) is 11.8 Å². The summed E-state index contributed by atoms with van der Waals surface area (Å²) in [6, 6.07) is 5.95. The molecule has 4 nitrogen and oxygen atoms in total. The van der Waals surface area contributed by atoms with Crippen molar-refractivity contribution in [3.05, 3.63) is 35.4 Å². The van der Waals surface area contributed by atoms with E-state index in [2.05, 4.69) is 0 Å². The van der Waals surface area contributed by atoms with Crippen LogP contribution in [0.25, 0.3) is 0 Å². The Labute approximate surface area is 91.1 Å². The van der Waals surface area contributed by atoms with Crippen LogP contribution in [0.5, 0.6) is 0 Å². The molecule has 0 heterocycles. The SMILES string of the molecule is O=C(O)c1ccc(CC(Cl)C(=O)O)cc1. The summed E-state index contributed by atoms with van der Waals surface area (Å²) in [6.45, 7) is 0. The lowest BCUT2D eigenvalue weighted by Gasteiger charge is -2.04. The molecule has 2 N–H and O–H groups in total. The van der Waals surface area contributed by atoms with Gasteiger partial charge in [-0.05, 0) is 24.1 Å². The first-order valence-corrected chi connectivity index (χ1v) is 4.63. The molecule has 1 aromatic carbocycles. The first kappa shape index (κ1) is 11.5. The summed E-state index contributed by atoms with van der Waals surface area (Å²) < 4.78 is 0. The summed E-state index contributed by atoms with van der Waals surface area (Å²) in [5.41, 5.74) is 0.864. The quantitative estimate of drug-likeness (QED) is 0.768. The highest BCUT2D eigenvalue weighted by Crippen LogP contribution is 2.10. The number of benzene rings is 1. The number of hydrogen-bond donors (Lipinski definition) is 2. The molecule has 0 bridgehead atoms. The van der Waals surface area contributed by atoms with E-state index in [0.717, 1.165) is 0 Å². The number of halogens is 1. The van der Waals surface area contributed by atoms with Gasteiger partial charge in [-0.2, -0.15) is 0 Å². The van der Waals surface area contributed by atoms with Gasteiger partial charge in [-0.15, -0.1) is 11.6 Å². The molecule has 0 fully saturated rings. The van der Waals surface area contributed by atoms with Gasteiger partial charge in [0.1, 0.15) is 5.38 Å². The van der Waals surface area contributed by atoms with Crippen LogP contribution in [0, 0.1) is 0 Å². The molecule has 0 saturated carbocycles. The maximum atomic E-state index is 10.5. The summed E-state index contributed by atoms with van der Waals surface area (Å²) in [5.74, 6) is -2.10. The van der Waals surface area contributed by atoms with Gasteiger partial charge in [0.25, 0.3) is 0 Å². The van der Waals surface area contributed by atoms with Gasteiger partial charge in [-0.3, -0.25) is 4.79 Å². The number of carbonyl (C=O) groups is 2. The Morgan fingerprint density at radius 3 is 2.13 bits per heavy atom. The van der Waals surface area contributed by atoms with Gasteiger partial charge >= 0.3 is 11.9 Å². The fraction of sp³-hybridized carbons (Fsp3) is 0.200. The maximum absolute atomic E-state index is 10.5. The second-order valence-electron chi connectivity index (χ2n) is 3.01. The van der Waals surface area contributed by atoms with E-state index in [4.69, 9.17) is 21.8 Å². The molecule has 0 aromatic heterocycles. The number of carboxylic acids is 2. The summed E-state index contributed by atoms with van der Waals surface area (Å²) in [7, 11) is 0. The van der Waals surface area contributed by atoms with E-state index in [9.17, 15) is 9.59 Å². The lowest BCUT2D eigenvalue weighted by atomic mass is 10.1. The number of aliphatic carboxylic acids is 1. The van der Waals surface area contributed by atoms with E-state index in [1.807, 2.05) is 0 Å². The van der Waals surface area contributed by atoms with Crippen molar-refractivity contribution in [1.29, 1.82) is 0 Å². The molecule has 5 heteroatoms. The van der Waals surface area contributed by atoms with Gasteiger partial charge in [0, 0.05) is 0 Å². The number of alkyl halides is 1. The molecular formula is C10H9ClO4. The van der Waals surface area contributed by atoms with Crippen molar-refractivity contribution in [3.8, 4) is 0 Å². The van der Waals surface area contributed by atoms with Gasteiger partial charge in [0.15, 0.2) is 0 Å². The van der Waals surface area contributed by atoms with Crippen molar-refractivity contribution in [2.24, 2.45) is 0 Å². The Bertz CT molecular complexity index is 372. The van der Waals surface area contributed by atoms with Crippen LogP contribution in [0.3, 0.4) is 0 Å². The topological polar surface area (TPSA) is 74.6 Å². The average molecular weight is 229 g/mol. The van der Waals surface area contributed by atoms with Crippen LogP contribution < -0.4 is 0 Å². The predicted molar refractivity (Wildman–Crippen MR) is 54.4 cm³/mol. The first-order valence-electron chi connectivity index (χ1n) is 4.20. The van der Waals surface area contributed by atoms with Crippen LogP contribution in [-0.2, 0) is 11.2 Å². The Morgan fingerprint density at radius 1 is 1.20 bits per heavy atom. The minimum Gasteiger partial charge on any atom is -0.480 e. The van der Waals surface area contributed by atoms with E-state index in [-0.39, 0.29) is 12.0 Å². The Morgan fingerprint density at radius 2 is 1.73 bits per heavy atom. The second-order valence-corrected chi connectivity index (χ2v) is 3.54. The smallest absolute Gasteiger partial charge is 0.335 e. The Hall–Kier alpha value is -1.55. The van der Waals surface area contributed by atoms with Gasteiger partial charge in [-0.1, -0.05) is 12.1 Å². The van der Waals surface area contributed by atoms with E-state index < -0.39 is 17.3 Å². The molecule has 1 rings (SSSR count). The van der Waals surface area contributed by atoms with Gasteiger partial charge in [0.05, 0.1) is 5.56 Å². The molecule has 15 heavy (non-hydrogen) atoms. The van der Waals surface area contributed by atoms with E-state index in [1.54, 1.807) is 12.1 Å². The Kier molecular flexibility index (Phi) is 3.68. The fourth-order valence-electron chi connectivity index (χ4n) is 1.08. The van der Waals surface area contributed by atoms with Crippen molar-refractivity contribution in [2.75, 3.05) is 0 Å². The summed E-state index contributed by atoms with van der Waals surface area (Å²) >= 11 is 5.54. The lowest BCUT2D eigenvalue weighted by Crippen LogP contribution is -2.15. The minimum atomic E-state index is -1.08. The highest BCUT2D eigenvalue weighted by Gasteiger charge is 2.14. The highest BCUT2D eigenvalue weighted by molar-refractivity contribution is 6.29. The number of aromatic carboxylic acids is 1. The number of rotatable bonds is 4. The normalized spacial score (nSPS) is 12.1. The molecule has 0 aliphatic carbocycles. The van der Waals surface area contributed by atoms with E-state index >= 15 is 0 Å². The van der Waals surface area contributed by atoms with Crippen LogP contribution >= 0.6 is 11.6 Å². The first-order chi connectivity index (χ1) is 7.00. The van der Waals surface area contributed by atoms with Crippen molar-refractivity contribution >= 4 is 23.5 Å². The molecule has 0 amide bonds. The van der Waals surface area contributed by atoms with Gasteiger partial charge < -0.3 is 10.2 Å². The average Bonchev–Trinajstić information content (AvgIpc) is 2.18. The number of hydrogen-bond acceptors (Lipinski definition) is 2. The summed E-state index contributed by atoms with van der Waals surface area (Å²) in [4.78, 5) is 21.0. The van der Waals surface area contributed by atoms with Crippen LogP contribution in [0.15, 0.2) is 24.3 Å². The third-order valence-electron chi connectivity index (χ3n) is 1.88.